The molecule has 6 nitrogen and oxygen atoms in total. The second-order valence-electron chi connectivity index (χ2n) is 5.71. The van der Waals surface area contributed by atoms with E-state index in [2.05, 4.69) is 10.2 Å². The zero-order chi connectivity index (χ0) is 16.1. The molecule has 0 saturated heterocycles. The normalized spacial score (nSPS) is 13.7. The summed E-state index contributed by atoms with van der Waals surface area (Å²) >= 11 is 0. The number of imidazole rings is 1. The van der Waals surface area contributed by atoms with Gasteiger partial charge in [0.2, 0.25) is 11.7 Å². The van der Waals surface area contributed by atoms with Crippen molar-refractivity contribution in [3.05, 3.63) is 52.6 Å². The first-order valence-electron chi connectivity index (χ1n) is 7.31. The lowest BCUT2D eigenvalue weighted by Gasteiger charge is -2.10. The first kappa shape index (κ1) is 13.6. The van der Waals surface area contributed by atoms with Gasteiger partial charge in [0.05, 0.1) is 6.42 Å². The van der Waals surface area contributed by atoms with Gasteiger partial charge in [0, 0.05) is 24.0 Å². The molecule has 3 aromatic rings. The maximum absolute atomic E-state index is 11.8. The van der Waals surface area contributed by atoms with Gasteiger partial charge in [-0.1, -0.05) is 12.1 Å². The van der Waals surface area contributed by atoms with Gasteiger partial charge in [-0.2, -0.15) is 0 Å². The highest BCUT2D eigenvalue weighted by Crippen LogP contribution is 2.36. The summed E-state index contributed by atoms with van der Waals surface area (Å²) in [5, 5.41) is 3.19. The van der Waals surface area contributed by atoms with Crippen molar-refractivity contribution in [2.24, 2.45) is 5.18 Å². The molecular weight excluding hydrogens is 292 g/mol. The number of benzene rings is 1. The van der Waals surface area contributed by atoms with Crippen molar-refractivity contribution in [1.82, 2.24) is 9.38 Å². The lowest BCUT2D eigenvalue weighted by molar-refractivity contribution is -0.117. The Balaban J connectivity index is 1.94. The first-order valence-corrected chi connectivity index (χ1v) is 7.31. The van der Waals surface area contributed by atoms with Gasteiger partial charge in [-0.25, -0.2) is 4.98 Å². The number of carbonyl (C=O) groups excluding carboxylic acids is 1. The largest absolute Gasteiger partial charge is 0.315 e. The number of carbonyl (C=O) groups is 1. The van der Waals surface area contributed by atoms with E-state index in [1.807, 2.05) is 43.3 Å². The van der Waals surface area contributed by atoms with Crippen LogP contribution in [0.3, 0.4) is 0 Å². The predicted octanol–water partition coefficient (Wildman–Crippen LogP) is 3.23. The number of hydrogen-bond acceptors (Lipinski definition) is 4. The Labute approximate surface area is 132 Å². The molecule has 0 unspecified atom stereocenters. The van der Waals surface area contributed by atoms with E-state index in [0.717, 1.165) is 22.5 Å². The molecule has 1 aliphatic rings. The van der Waals surface area contributed by atoms with E-state index in [-0.39, 0.29) is 11.7 Å². The fraction of sp³-hybridized carbons (Fsp3) is 0.176. The number of hydrogen-bond donors (Lipinski definition) is 0. The van der Waals surface area contributed by atoms with E-state index >= 15 is 0 Å². The smallest absolute Gasteiger partial charge is 0.231 e. The number of aromatic nitrogens is 2. The van der Waals surface area contributed by atoms with Crippen LogP contribution < -0.4 is 4.90 Å². The van der Waals surface area contributed by atoms with Crippen molar-refractivity contribution < 1.29 is 4.79 Å². The van der Waals surface area contributed by atoms with Crippen LogP contribution in [0, 0.1) is 11.8 Å². The van der Waals surface area contributed by atoms with Crippen LogP contribution in [0.4, 0.5) is 11.5 Å². The molecule has 0 spiro atoms. The Morgan fingerprint density at radius 2 is 2.04 bits per heavy atom. The molecule has 0 atom stereocenters. The van der Waals surface area contributed by atoms with Crippen molar-refractivity contribution in [2.75, 3.05) is 11.9 Å². The van der Waals surface area contributed by atoms with Crippen LogP contribution in [0.15, 0.2) is 41.6 Å². The number of fused-ring (bicyclic) bond motifs is 2. The minimum Gasteiger partial charge on any atom is -0.315 e. The summed E-state index contributed by atoms with van der Waals surface area (Å²) in [4.78, 5) is 29.4. The van der Waals surface area contributed by atoms with Crippen molar-refractivity contribution in [2.45, 2.75) is 13.3 Å². The summed E-state index contributed by atoms with van der Waals surface area (Å²) < 4.78 is 1.74. The van der Waals surface area contributed by atoms with Gasteiger partial charge in [-0.3, -0.25) is 9.20 Å². The van der Waals surface area contributed by atoms with E-state index in [1.165, 1.54) is 0 Å². The molecule has 2 aromatic heterocycles. The average Bonchev–Trinajstić information content (AvgIpc) is 3.06. The summed E-state index contributed by atoms with van der Waals surface area (Å²) in [6.45, 7) is 1.91. The SMILES string of the molecule is Cc1cccc2nc(-c3ccc4c(c3)CC(=O)N4C)c(N=O)n12. The zero-order valence-corrected chi connectivity index (χ0v) is 12.8. The lowest BCUT2D eigenvalue weighted by atomic mass is 10.1. The molecule has 114 valence electrons. The van der Waals surface area contributed by atoms with Gasteiger partial charge in [-0.05, 0) is 41.9 Å². The summed E-state index contributed by atoms with van der Waals surface area (Å²) in [5.41, 5.74) is 4.76. The third-order valence-electron chi connectivity index (χ3n) is 4.33. The fourth-order valence-corrected chi connectivity index (χ4v) is 3.13. The van der Waals surface area contributed by atoms with Crippen molar-refractivity contribution in [1.29, 1.82) is 0 Å². The number of pyridine rings is 1. The second-order valence-corrected chi connectivity index (χ2v) is 5.71. The Hall–Kier alpha value is -3.02. The molecule has 0 fully saturated rings. The Bertz CT molecular complexity index is 974. The highest BCUT2D eigenvalue weighted by Gasteiger charge is 2.25. The number of likely N-dealkylation sites (N-methyl/N-ethyl adjacent to an activating group) is 1. The average molecular weight is 306 g/mol. The maximum atomic E-state index is 11.8. The van der Waals surface area contributed by atoms with E-state index in [1.54, 1.807) is 16.3 Å². The van der Waals surface area contributed by atoms with Crippen molar-refractivity contribution >= 4 is 23.1 Å². The Morgan fingerprint density at radius 1 is 1.22 bits per heavy atom. The Kier molecular flexibility index (Phi) is 2.81. The van der Waals surface area contributed by atoms with Crippen LogP contribution in [0.1, 0.15) is 11.3 Å². The molecule has 4 rings (SSSR count). The number of nitroso groups, excluding NO2 is 1. The maximum Gasteiger partial charge on any atom is 0.231 e. The third-order valence-corrected chi connectivity index (χ3v) is 4.33. The zero-order valence-electron chi connectivity index (χ0n) is 12.8. The van der Waals surface area contributed by atoms with Gasteiger partial charge < -0.3 is 4.90 Å². The summed E-state index contributed by atoms with van der Waals surface area (Å²) in [6.07, 6.45) is 0.371. The molecule has 1 aliphatic heterocycles. The van der Waals surface area contributed by atoms with Gasteiger partial charge in [0.1, 0.15) is 11.3 Å². The van der Waals surface area contributed by atoms with Crippen LogP contribution in [-0.4, -0.2) is 22.3 Å². The Morgan fingerprint density at radius 3 is 2.83 bits per heavy atom. The van der Waals surface area contributed by atoms with E-state index in [0.29, 0.717) is 17.8 Å². The van der Waals surface area contributed by atoms with Gasteiger partial charge >= 0.3 is 0 Å². The van der Waals surface area contributed by atoms with Crippen LogP contribution in [0.25, 0.3) is 16.9 Å². The van der Waals surface area contributed by atoms with Crippen molar-refractivity contribution in [3.8, 4) is 11.3 Å². The molecular formula is C17H14N4O2. The molecule has 0 bridgehead atoms. The lowest BCUT2D eigenvalue weighted by Crippen LogP contribution is -2.20. The fourth-order valence-electron chi connectivity index (χ4n) is 3.13. The standard InChI is InChI=1S/C17H14N4O2/c1-10-4-3-5-14-18-16(17(19-23)21(10)14)11-6-7-13-12(8-11)9-15(22)20(13)2/h3-8H,9H2,1-2H3. The number of rotatable bonds is 2. The molecule has 6 heteroatoms. The number of nitrogens with zero attached hydrogens (tertiary/aromatic N) is 4. The molecule has 0 aliphatic carbocycles. The molecule has 1 aromatic carbocycles. The third kappa shape index (κ3) is 1.88. The minimum absolute atomic E-state index is 0.0664. The van der Waals surface area contributed by atoms with Crippen LogP contribution in [0.5, 0.6) is 0 Å². The van der Waals surface area contributed by atoms with E-state index < -0.39 is 0 Å². The van der Waals surface area contributed by atoms with Crippen LogP contribution in [-0.2, 0) is 11.2 Å². The number of anilines is 1. The summed E-state index contributed by atoms with van der Waals surface area (Å²) in [6, 6.07) is 11.3. The summed E-state index contributed by atoms with van der Waals surface area (Å²) in [7, 11) is 1.76. The second kappa shape index (κ2) is 4.74. The predicted molar refractivity (Wildman–Crippen MR) is 87.9 cm³/mol. The van der Waals surface area contributed by atoms with Gasteiger partial charge in [-0.15, -0.1) is 4.91 Å². The molecule has 1 amide bonds. The quantitative estimate of drug-likeness (QED) is 0.683. The van der Waals surface area contributed by atoms with Crippen molar-refractivity contribution in [3.63, 3.8) is 0 Å². The van der Waals surface area contributed by atoms with Gasteiger partial charge in [0.25, 0.3) is 0 Å². The molecule has 0 saturated carbocycles. The molecule has 3 heterocycles. The topological polar surface area (TPSA) is 67.0 Å². The molecule has 0 N–H and O–H groups in total. The highest BCUT2D eigenvalue weighted by atomic mass is 16.3. The number of aryl methyl sites for hydroxylation is 1. The summed E-state index contributed by atoms with van der Waals surface area (Å²) in [5.74, 6) is 0.354. The monoisotopic (exact) mass is 306 g/mol. The van der Waals surface area contributed by atoms with E-state index in [9.17, 15) is 9.70 Å². The first-order chi connectivity index (χ1) is 11.1. The van der Waals surface area contributed by atoms with Crippen LogP contribution >= 0.6 is 0 Å². The molecule has 0 radical (unpaired) electrons. The minimum atomic E-state index is 0.0664. The highest BCUT2D eigenvalue weighted by molar-refractivity contribution is 6.01. The van der Waals surface area contributed by atoms with E-state index in [4.69, 9.17) is 0 Å². The molecule has 23 heavy (non-hydrogen) atoms. The number of amides is 1. The van der Waals surface area contributed by atoms with Crippen LogP contribution in [0.2, 0.25) is 0 Å². The van der Waals surface area contributed by atoms with Gasteiger partial charge in [0.15, 0.2) is 0 Å².